The molecule has 1 aliphatic rings. The van der Waals surface area contributed by atoms with Gasteiger partial charge in [0.05, 0.1) is 6.10 Å². The Morgan fingerprint density at radius 3 is 2.41 bits per heavy atom. The van der Waals surface area contributed by atoms with E-state index in [1.165, 1.54) is 28.4 Å². The average Bonchev–Trinajstić information content (AvgIpc) is 2.42. The van der Waals surface area contributed by atoms with Gasteiger partial charge in [0.15, 0.2) is 0 Å². The molecule has 0 saturated heterocycles. The predicted molar refractivity (Wildman–Crippen MR) is 79.5 cm³/mol. The lowest BCUT2D eigenvalue weighted by atomic mass is 9.89. The number of hydrogen-bond donors (Lipinski definition) is 0. The Hall–Kier alpha value is -0.340. The zero-order valence-corrected chi connectivity index (χ0v) is 13.3. The van der Waals surface area contributed by atoms with E-state index in [1.807, 2.05) is 27.7 Å². The number of halogens is 1. The summed E-state index contributed by atoms with van der Waals surface area (Å²) in [5.74, 6) is 0. The quantitative estimate of drug-likeness (QED) is 0.663. The van der Waals surface area contributed by atoms with Crippen LogP contribution in [0.2, 0.25) is 0 Å². The minimum Gasteiger partial charge on any atom is -0.377 e. The largest absolute Gasteiger partial charge is 0.377 e. The van der Waals surface area contributed by atoms with E-state index in [0.717, 1.165) is 6.42 Å². The molecule has 2 rings (SSSR count). The molecule has 0 heterocycles. The van der Waals surface area contributed by atoms with Crippen LogP contribution in [-0.2, 0) is 11.2 Å². The highest BCUT2D eigenvalue weighted by Gasteiger charge is 2.19. The normalized spacial score (nSPS) is 16.9. The van der Waals surface area contributed by atoms with Gasteiger partial charge in [0, 0.05) is 11.6 Å². The summed E-state index contributed by atoms with van der Waals surface area (Å²) in [5.41, 5.74) is 2.81. The van der Waals surface area contributed by atoms with Crippen LogP contribution in [0.15, 0.2) is 22.7 Å². The zero-order valence-electron chi connectivity index (χ0n) is 11.7. The monoisotopic (exact) mass is 300 g/mol. The van der Waals surface area contributed by atoms with Crippen LogP contribution in [0.4, 0.5) is 0 Å². The number of benzene rings is 1. The maximum absolute atomic E-state index is 5.44. The lowest BCUT2D eigenvalue weighted by Gasteiger charge is -2.24. The van der Waals surface area contributed by atoms with Gasteiger partial charge in [0.25, 0.3) is 0 Å². The maximum atomic E-state index is 5.44. The van der Waals surface area contributed by atoms with E-state index in [-0.39, 0.29) is 0 Å². The molecule has 0 aromatic heterocycles. The van der Waals surface area contributed by atoms with Crippen molar-refractivity contribution in [2.45, 2.75) is 53.1 Å². The highest BCUT2D eigenvalue weighted by molar-refractivity contribution is 9.10. The van der Waals surface area contributed by atoms with Gasteiger partial charge in [-0.3, -0.25) is 0 Å². The Balaban J connectivity index is 0.000000581. The van der Waals surface area contributed by atoms with E-state index in [1.54, 1.807) is 7.11 Å². The second-order valence-electron chi connectivity index (χ2n) is 3.46. The summed E-state index contributed by atoms with van der Waals surface area (Å²) in [6.45, 7) is 8.00. The number of methoxy groups -OCH3 is 1. The smallest absolute Gasteiger partial charge is 0.0823 e. The van der Waals surface area contributed by atoms with Crippen LogP contribution >= 0.6 is 15.9 Å². The summed E-state index contributed by atoms with van der Waals surface area (Å²) in [6.07, 6.45) is 3.90. The molecule has 1 aliphatic carbocycles. The van der Waals surface area contributed by atoms with Crippen LogP contribution < -0.4 is 0 Å². The molecule has 1 nitrogen and oxygen atoms in total. The van der Waals surface area contributed by atoms with E-state index in [4.69, 9.17) is 4.74 Å². The molecule has 1 aromatic rings. The van der Waals surface area contributed by atoms with Crippen molar-refractivity contribution in [1.29, 1.82) is 0 Å². The van der Waals surface area contributed by atoms with Crippen molar-refractivity contribution in [3.63, 3.8) is 0 Å². The second kappa shape index (κ2) is 9.67. The molecule has 98 valence electrons. The zero-order chi connectivity index (χ0) is 13.3. The summed E-state index contributed by atoms with van der Waals surface area (Å²) in [4.78, 5) is 0. The molecule has 0 N–H and O–H groups in total. The molecule has 0 bridgehead atoms. The van der Waals surface area contributed by atoms with Crippen molar-refractivity contribution in [2.75, 3.05) is 7.11 Å². The molecule has 0 spiro atoms. The van der Waals surface area contributed by atoms with Crippen LogP contribution in [0.1, 0.15) is 57.8 Å². The summed E-state index contributed by atoms with van der Waals surface area (Å²) in [5, 5.41) is 0. The van der Waals surface area contributed by atoms with Gasteiger partial charge in [-0.1, -0.05) is 49.7 Å². The standard InChI is InChI=1S/C11H13BrO.2C2H6/c1-13-11-4-2-3-8-7-9(12)5-6-10(8)11;2*1-2/h5-7,11H,2-4H2,1H3;2*1-2H3. The number of ether oxygens (including phenoxy) is 1. The van der Waals surface area contributed by atoms with Gasteiger partial charge in [0.2, 0.25) is 0 Å². The van der Waals surface area contributed by atoms with Gasteiger partial charge in [-0.2, -0.15) is 0 Å². The minimum absolute atomic E-state index is 0.317. The third-order valence-electron chi connectivity index (χ3n) is 2.65. The van der Waals surface area contributed by atoms with Gasteiger partial charge in [-0.05, 0) is 42.5 Å². The van der Waals surface area contributed by atoms with Crippen LogP contribution in [0, 0.1) is 0 Å². The highest BCUT2D eigenvalue weighted by atomic mass is 79.9. The average molecular weight is 301 g/mol. The molecular weight excluding hydrogens is 276 g/mol. The highest BCUT2D eigenvalue weighted by Crippen LogP contribution is 2.33. The fourth-order valence-electron chi connectivity index (χ4n) is 1.98. The molecule has 1 atom stereocenters. The van der Waals surface area contributed by atoms with Crippen molar-refractivity contribution < 1.29 is 4.74 Å². The first-order valence-electron chi connectivity index (χ1n) is 6.62. The Morgan fingerprint density at radius 2 is 1.82 bits per heavy atom. The molecule has 2 heteroatoms. The number of fused-ring (bicyclic) bond motifs is 1. The van der Waals surface area contributed by atoms with Crippen molar-refractivity contribution in [3.05, 3.63) is 33.8 Å². The van der Waals surface area contributed by atoms with Crippen molar-refractivity contribution in [2.24, 2.45) is 0 Å². The molecule has 0 fully saturated rings. The van der Waals surface area contributed by atoms with Crippen LogP contribution in [-0.4, -0.2) is 7.11 Å². The third kappa shape index (κ3) is 4.81. The molecule has 0 radical (unpaired) electrons. The number of rotatable bonds is 1. The molecule has 0 amide bonds. The Bertz CT molecular complexity index is 310. The fraction of sp³-hybridized carbons (Fsp3) is 0.600. The van der Waals surface area contributed by atoms with Gasteiger partial charge in [0.1, 0.15) is 0 Å². The second-order valence-corrected chi connectivity index (χ2v) is 4.38. The molecule has 0 aliphatic heterocycles. The summed E-state index contributed by atoms with van der Waals surface area (Å²) < 4.78 is 6.61. The topological polar surface area (TPSA) is 9.23 Å². The maximum Gasteiger partial charge on any atom is 0.0823 e. The Morgan fingerprint density at radius 1 is 1.18 bits per heavy atom. The molecule has 1 aromatic carbocycles. The van der Waals surface area contributed by atoms with Gasteiger partial charge in [-0.15, -0.1) is 0 Å². The molecule has 0 saturated carbocycles. The fourth-order valence-corrected chi connectivity index (χ4v) is 2.39. The van der Waals surface area contributed by atoms with Crippen LogP contribution in [0.3, 0.4) is 0 Å². The van der Waals surface area contributed by atoms with E-state index < -0.39 is 0 Å². The van der Waals surface area contributed by atoms with E-state index in [0.29, 0.717) is 6.10 Å². The molecular formula is C15H25BrO. The van der Waals surface area contributed by atoms with Crippen molar-refractivity contribution in [1.82, 2.24) is 0 Å². The lowest BCUT2D eigenvalue weighted by Crippen LogP contribution is -2.10. The minimum atomic E-state index is 0.317. The van der Waals surface area contributed by atoms with Gasteiger partial charge < -0.3 is 4.74 Å². The Labute approximate surface area is 115 Å². The van der Waals surface area contributed by atoms with Gasteiger partial charge in [-0.25, -0.2) is 0 Å². The van der Waals surface area contributed by atoms with Crippen molar-refractivity contribution in [3.8, 4) is 0 Å². The summed E-state index contributed by atoms with van der Waals surface area (Å²) in [7, 11) is 1.79. The number of hydrogen-bond acceptors (Lipinski definition) is 1. The first-order valence-corrected chi connectivity index (χ1v) is 7.41. The van der Waals surface area contributed by atoms with Gasteiger partial charge >= 0.3 is 0 Å². The van der Waals surface area contributed by atoms with E-state index in [2.05, 4.69) is 34.1 Å². The van der Waals surface area contributed by atoms with Crippen LogP contribution in [0.5, 0.6) is 0 Å². The van der Waals surface area contributed by atoms with E-state index >= 15 is 0 Å². The summed E-state index contributed by atoms with van der Waals surface area (Å²) >= 11 is 3.49. The molecule has 17 heavy (non-hydrogen) atoms. The first kappa shape index (κ1) is 16.7. The number of aryl methyl sites for hydroxylation is 1. The predicted octanol–water partition coefficient (Wildman–Crippen LogP) is 5.53. The van der Waals surface area contributed by atoms with E-state index in [9.17, 15) is 0 Å². The summed E-state index contributed by atoms with van der Waals surface area (Å²) in [6, 6.07) is 6.48. The third-order valence-corrected chi connectivity index (χ3v) is 3.14. The van der Waals surface area contributed by atoms with Crippen LogP contribution in [0.25, 0.3) is 0 Å². The SMILES string of the molecule is CC.CC.COC1CCCc2cc(Br)ccc21. The first-order chi connectivity index (χ1) is 8.31. The molecule has 1 unspecified atom stereocenters. The lowest BCUT2D eigenvalue weighted by molar-refractivity contribution is 0.0881. The Kier molecular flexibility index (Phi) is 9.47. The van der Waals surface area contributed by atoms with Crippen molar-refractivity contribution >= 4 is 15.9 Å².